The lowest BCUT2D eigenvalue weighted by Gasteiger charge is -2.19. The van der Waals surface area contributed by atoms with Crippen LogP contribution in [0.4, 0.5) is 10.1 Å². The molecule has 0 fully saturated rings. The van der Waals surface area contributed by atoms with Gasteiger partial charge in [0.25, 0.3) is 0 Å². The SMILES string of the molecule is CN(Cc1ccc(Cl)nc1)c1ccc(F)cc1. The van der Waals surface area contributed by atoms with Crippen molar-refractivity contribution >= 4 is 17.3 Å². The highest BCUT2D eigenvalue weighted by Gasteiger charge is 2.02. The fourth-order valence-electron chi connectivity index (χ4n) is 1.56. The molecule has 1 heterocycles. The van der Waals surface area contributed by atoms with Crippen LogP contribution in [0.3, 0.4) is 0 Å². The van der Waals surface area contributed by atoms with Gasteiger partial charge in [0.1, 0.15) is 11.0 Å². The average Bonchev–Trinajstić information content (AvgIpc) is 2.33. The Kier molecular flexibility index (Phi) is 3.59. The zero-order valence-electron chi connectivity index (χ0n) is 9.40. The molecule has 0 spiro atoms. The predicted octanol–water partition coefficient (Wildman–Crippen LogP) is 3.51. The Morgan fingerprint density at radius 1 is 1.18 bits per heavy atom. The van der Waals surface area contributed by atoms with E-state index in [-0.39, 0.29) is 5.82 Å². The van der Waals surface area contributed by atoms with Gasteiger partial charge in [0.2, 0.25) is 0 Å². The van der Waals surface area contributed by atoms with E-state index in [4.69, 9.17) is 11.6 Å². The number of benzene rings is 1. The average molecular weight is 251 g/mol. The third-order valence-corrected chi connectivity index (χ3v) is 2.70. The van der Waals surface area contributed by atoms with Crippen LogP contribution in [0.15, 0.2) is 42.6 Å². The van der Waals surface area contributed by atoms with Crippen molar-refractivity contribution in [3.8, 4) is 0 Å². The van der Waals surface area contributed by atoms with Crippen LogP contribution in [0, 0.1) is 5.82 Å². The maximum Gasteiger partial charge on any atom is 0.129 e. The van der Waals surface area contributed by atoms with Crippen molar-refractivity contribution in [1.29, 1.82) is 0 Å². The highest BCUT2D eigenvalue weighted by Crippen LogP contribution is 2.16. The molecule has 0 aliphatic carbocycles. The Bertz CT molecular complexity index is 482. The molecule has 1 aromatic carbocycles. The van der Waals surface area contributed by atoms with Crippen LogP contribution in [0.1, 0.15) is 5.56 Å². The zero-order chi connectivity index (χ0) is 12.3. The molecule has 0 saturated heterocycles. The minimum absolute atomic E-state index is 0.227. The topological polar surface area (TPSA) is 16.1 Å². The van der Waals surface area contributed by atoms with Crippen LogP contribution in [-0.4, -0.2) is 12.0 Å². The van der Waals surface area contributed by atoms with Crippen molar-refractivity contribution in [3.05, 3.63) is 59.1 Å². The van der Waals surface area contributed by atoms with Crippen molar-refractivity contribution < 1.29 is 4.39 Å². The van der Waals surface area contributed by atoms with E-state index in [1.807, 2.05) is 18.0 Å². The van der Waals surface area contributed by atoms with Gasteiger partial charge in [-0.15, -0.1) is 0 Å². The molecule has 0 unspecified atom stereocenters. The molecule has 0 aliphatic rings. The second-order valence-electron chi connectivity index (χ2n) is 3.82. The van der Waals surface area contributed by atoms with E-state index in [1.165, 1.54) is 12.1 Å². The summed E-state index contributed by atoms with van der Waals surface area (Å²) in [7, 11) is 1.95. The number of hydrogen-bond acceptors (Lipinski definition) is 2. The van der Waals surface area contributed by atoms with Crippen molar-refractivity contribution in [2.24, 2.45) is 0 Å². The van der Waals surface area contributed by atoms with Gasteiger partial charge in [-0.2, -0.15) is 0 Å². The summed E-state index contributed by atoms with van der Waals surface area (Å²) < 4.78 is 12.8. The molecule has 0 N–H and O–H groups in total. The van der Waals surface area contributed by atoms with Crippen molar-refractivity contribution in [2.75, 3.05) is 11.9 Å². The standard InChI is InChI=1S/C13H12ClFN2/c1-17(12-5-3-11(15)4-6-12)9-10-2-7-13(14)16-8-10/h2-8H,9H2,1H3. The molecule has 88 valence electrons. The molecule has 0 radical (unpaired) electrons. The first kappa shape index (κ1) is 11.9. The first-order valence-electron chi connectivity index (χ1n) is 5.22. The smallest absolute Gasteiger partial charge is 0.129 e. The summed E-state index contributed by atoms with van der Waals surface area (Å²) in [5.41, 5.74) is 2.02. The van der Waals surface area contributed by atoms with Gasteiger partial charge >= 0.3 is 0 Å². The Balaban J connectivity index is 2.08. The summed E-state index contributed by atoms with van der Waals surface area (Å²) in [6, 6.07) is 10.1. The van der Waals surface area contributed by atoms with Gasteiger partial charge in [-0.25, -0.2) is 9.37 Å². The number of halogens is 2. The molecular weight excluding hydrogens is 239 g/mol. The monoisotopic (exact) mass is 250 g/mol. The lowest BCUT2D eigenvalue weighted by molar-refractivity contribution is 0.627. The first-order chi connectivity index (χ1) is 8.15. The van der Waals surface area contributed by atoms with E-state index in [0.717, 1.165) is 11.3 Å². The number of pyridine rings is 1. The third kappa shape index (κ3) is 3.17. The van der Waals surface area contributed by atoms with E-state index < -0.39 is 0 Å². The highest BCUT2D eigenvalue weighted by atomic mass is 35.5. The lowest BCUT2D eigenvalue weighted by atomic mass is 10.2. The summed E-state index contributed by atoms with van der Waals surface area (Å²) >= 11 is 5.72. The predicted molar refractivity (Wildman–Crippen MR) is 67.8 cm³/mol. The number of rotatable bonds is 3. The van der Waals surface area contributed by atoms with Crippen molar-refractivity contribution in [1.82, 2.24) is 4.98 Å². The molecule has 2 nitrogen and oxygen atoms in total. The third-order valence-electron chi connectivity index (χ3n) is 2.48. The normalized spacial score (nSPS) is 10.3. The fourth-order valence-corrected chi connectivity index (χ4v) is 1.67. The lowest BCUT2D eigenvalue weighted by Crippen LogP contribution is -2.16. The minimum Gasteiger partial charge on any atom is -0.370 e. The fraction of sp³-hybridized carbons (Fsp3) is 0.154. The zero-order valence-corrected chi connectivity index (χ0v) is 10.2. The van der Waals surface area contributed by atoms with E-state index in [2.05, 4.69) is 4.98 Å². The molecular formula is C13H12ClFN2. The van der Waals surface area contributed by atoms with E-state index in [9.17, 15) is 4.39 Å². The number of anilines is 1. The largest absolute Gasteiger partial charge is 0.370 e. The molecule has 0 aliphatic heterocycles. The molecule has 0 amide bonds. The van der Waals surface area contributed by atoms with Gasteiger partial charge in [0.15, 0.2) is 0 Å². The molecule has 2 rings (SSSR count). The molecule has 0 atom stereocenters. The maximum absolute atomic E-state index is 12.8. The molecule has 0 bridgehead atoms. The molecule has 1 aromatic heterocycles. The molecule has 4 heteroatoms. The van der Waals surface area contributed by atoms with Gasteiger partial charge in [-0.05, 0) is 35.9 Å². The van der Waals surface area contributed by atoms with E-state index in [0.29, 0.717) is 11.7 Å². The number of hydrogen-bond donors (Lipinski definition) is 0. The molecule has 0 saturated carbocycles. The second kappa shape index (κ2) is 5.15. The quantitative estimate of drug-likeness (QED) is 0.775. The second-order valence-corrected chi connectivity index (χ2v) is 4.21. The Morgan fingerprint density at radius 2 is 1.88 bits per heavy atom. The van der Waals surface area contributed by atoms with Crippen molar-refractivity contribution in [3.63, 3.8) is 0 Å². The van der Waals surface area contributed by atoms with Crippen LogP contribution < -0.4 is 4.90 Å². The summed E-state index contributed by atoms with van der Waals surface area (Å²) in [4.78, 5) is 6.04. The first-order valence-corrected chi connectivity index (χ1v) is 5.60. The molecule has 17 heavy (non-hydrogen) atoms. The van der Waals surface area contributed by atoms with Crippen LogP contribution in [0.5, 0.6) is 0 Å². The van der Waals surface area contributed by atoms with E-state index in [1.54, 1.807) is 24.4 Å². The van der Waals surface area contributed by atoms with Crippen LogP contribution in [-0.2, 0) is 6.54 Å². The van der Waals surface area contributed by atoms with Crippen LogP contribution in [0.2, 0.25) is 5.15 Å². The maximum atomic E-state index is 12.8. The van der Waals surface area contributed by atoms with Gasteiger partial charge in [0.05, 0.1) is 0 Å². The summed E-state index contributed by atoms with van der Waals surface area (Å²) in [5.74, 6) is -0.227. The number of aromatic nitrogens is 1. The van der Waals surface area contributed by atoms with Gasteiger partial charge < -0.3 is 4.90 Å². The molecule has 2 aromatic rings. The minimum atomic E-state index is -0.227. The summed E-state index contributed by atoms with van der Waals surface area (Å²) in [6.45, 7) is 0.704. The van der Waals surface area contributed by atoms with Gasteiger partial charge in [0, 0.05) is 25.5 Å². The van der Waals surface area contributed by atoms with Gasteiger partial charge in [-0.1, -0.05) is 17.7 Å². The Morgan fingerprint density at radius 3 is 2.47 bits per heavy atom. The summed E-state index contributed by atoms with van der Waals surface area (Å²) in [6.07, 6.45) is 1.74. The van der Waals surface area contributed by atoms with E-state index >= 15 is 0 Å². The van der Waals surface area contributed by atoms with Gasteiger partial charge in [-0.3, -0.25) is 0 Å². The summed E-state index contributed by atoms with van der Waals surface area (Å²) in [5, 5.41) is 0.484. The Labute approximate surface area is 105 Å². The highest BCUT2D eigenvalue weighted by molar-refractivity contribution is 6.29. The Hall–Kier alpha value is -1.61. The van der Waals surface area contributed by atoms with Crippen LogP contribution >= 0.6 is 11.6 Å². The van der Waals surface area contributed by atoms with Crippen LogP contribution in [0.25, 0.3) is 0 Å². The number of nitrogens with zero attached hydrogens (tertiary/aromatic N) is 2. The van der Waals surface area contributed by atoms with Crippen molar-refractivity contribution in [2.45, 2.75) is 6.54 Å².